The zero-order valence-corrected chi connectivity index (χ0v) is 11.5. The van der Waals surface area contributed by atoms with Crippen LogP contribution in [0.2, 0.25) is 5.02 Å². The summed E-state index contributed by atoms with van der Waals surface area (Å²) in [6, 6.07) is 5.34. The summed E-state index contributed by atoms with van der Waals surface area (Å²) in [5.74, 6) is 0.532. The van der Waals surface area contributed by atoms with Crippen molar-refractivity contribution in [1.29, 1.82) is 0 Å². The highest BCUT2D eigenvalue weighted by atomic mass is 35.5. The minimum absolute atomic E-state index is 0.380. The van der Waals surface area contributed by atoms with Crippen LogP contribution >= 0.6 is 22.9 Å². The van der Waals surface area contributed by atoms with Crippen molar-refractivity contribution in [2.24, 2.45) is 0 Å². The molecule has 0 bridgehead atoms. The average molecular weight is 293 g/mol. The molecule has 0 saturated heterocycles. The fraction of sp³-hybridized carbons (Fsp3) is 0.0833. The Morgan fingerprint density at radius 1 is 1.42 bits per heavy atom. The Morgan fingerprint density at radius 2 is 2.26 bits per heavy atom. The van der Waals surface area contributed by atoms with E-state index in [-0.39, 0.29) is 5.69 Å². The van der Waals surface area contributed by atoms with Gasteiger partial charge >= 0.3 is 5.69 Å². The zero-order valence-electron chi connectivity index (χ0n) is 9.92. The third-order valence-corrected chi connectivity index (χ3v) is 3.69. The highest BCUT2D eigenvalue weighted by Gasteiger charge is 2.12. The maximum atomic E-state index is 12.2. The van der Waals surface area contributed by atoms with Crippen LogP contribution in [-0.2, 0) is 0 Å². The normalized spacial score (nSPS) is 10.8. The first-order chi connectivity index (χ1) is 9.20. The number of benzene rings is 1. The van der Waals surface area contributed by atoms with E-state index in [2.05, 4.69) is 15.3 Å². The van der Waals surface area contributed by atoms with E-state index in [9.17, 15) is 4.79 Å². The number of hydrogen-bond acceptors (Lipinski definition) is 5. The zero-order chi connectivity index (χ0) is 13.4. The fourth-order valence-electron chi connectivity index (χ4n) is 1.90. The predicted molar refractivity (Wildman–Crippen MR) is 77.6 cm³/mol. The molecule has 1 aromatic carbocycles. The molecule has 96 valence electrons. The lowest BCUT2D eigenvalue weighted by atomic mass is 10.2. The topological polar surface area (TPSA) is 59.8 Å². The molecule has 0 aliphatic carbocycles. The first-order valence-corrected chi connectivity index (χ1v) is 6.76. The van der Waals surface area contributed by atoms with E-state index in [0.29, 0.717) is 21.5 Å². The van der Waals surface area contributed by atoms with Crippen LogP contribution in [0.15, 0.2) is 34.6 Å². The lowest BCUT2D eigenvalue weighted by Gasteiger charge is -2.10. The molecule has 19 heavy (non-hydrogen) atoms. The molecule has 2 heterocycles. The van der Waals surface area contributed by atoms with Crippen molar-refractivity contribution in [2.75, 3.05) is 12.4 Å². The van der Waals surface area contributed by atoms with E-state index in [4.69, 9.17) is 11.6 Å². The van der Waals surface area contributed by atoms with E-state index >= 15 is 0 Å². The van der Waals surface area contributed by atoms with Gasteiger partial charge in [-0.2, -0.15) is 4.98 Å². The van der Waals surface area contributed by atoms with Crippen LogP contribution < -0.4 is 11.0 Å². The van der Waals surface area contributed by atoms with Gasteiger partial charge in [0.05, 0.1) is 5.52 Å². The van der Waals surface area contributed by atoms with Crippen LogP contribution in [0, 0.1) is 0 Å². The molecule has 0 radical (unpaired) electrons. The standard InChI is InChI=1S/C12H9ClN4OS/c1-14-10-8-3-2-7(13)6-9(8)17(11(18)16-10)12-15-4-5-19-12/h2-6H,1H3,(H,14,16,18). The Kier molecular flexibility index (Phi) is 2.96. The Labute approximate surface area is 117 Å². The molecule has 0 spiro atoms. The van der Waals surface area contributed by atoms with Gasteiger partial charge in [0.15, 0.2) is 5.13 Å². The number of thiazole rings is 1. The van der Waals surface area contributed by atoms with Crippen LogP contribution in [0.3, 0.4) is 0 Å². The number of nitrogens with zero attached hydrogens (tertiary/aromatic N) is 3. The quantitative estimate of drug-likeness (QED) is 0.788. The summed E-state index contributed by atoms with van der Waals surface area (Å²) in [6.07, 6.45) is 1.65. The molecule has 7 heteroatoms. The van der Waals surface area contributed by atoms with E-state index in [1.165, 1.54) is 15.9 Å². The van der Waals surface area contributed by atoms with E-state index in [1.807, 2.05) is 11.4 Å². The van der Waals surface area contributed by atoms with E-state index in [1.54, 1.807) is 25.4 Å². The SMILES string of the molecule is CNc1nc(=O)n(-c2nccs2)c2cc(Cl)ccc12. The number of nitrogens with one attached hydrogen (secondary N) is 1. The highest BCUT2D eigenvalue weighted by Crippen LogP contribution is 2.25. The first kappa shape index (κ1) is 12.1. The lowest BCUT2D eigenvalue weighted by molar-refractivity contribution is 0.948. The Balaban J connectivity index is 2.48. The molecule has 0 aliphatic heterocycles. The number of aromatic nitrogens is 3. The van der Waals surface area contributed by atoms with Crippen molar-refractivity contribution >= 4 is 39.7 Å². The molecule has 2 aromatic heterocycles. The minimum atomic E-state index is -0.380. The molecule has 3 rings (SSSR count). The lowest BCUT2D eigenvalue weighted by Crippen LogP contribution is -2.22. The number of hydrogen-bond donors (Lipinski definition) is 1. The van der Waals surface area contributed by atoms with Crippen LogP contribution in [0.5, 0.6) is 0 Å². The summed E-state index contributed by atoms with van der Waals surface area (Å²) in [6.45, 7) is 0. The molecular formula is C12H9ClN4OS. The van der Waals surface area contributed by atoms with Crippen LogP contribution in [0.25, 0.3) is 16.0 Å². The van der Waals surface area contributed by atoms with Gasteiger partial charge in [-0.25, -0.2) is 14.3 Å². The third-order valence-electron chi connectivity index (χ3n) is 2.70. The van der Waals surface area contributed by atoms with E-state index in [0.717, 1.165) is 5.39 Å². The largest absolute Gasteiger partial charge is 0.372 e. The molecule has 0 aliphatic rings. The maximum Gasteiger partial charge on any atom is 0.356 e. The molecule has 0 saturated carbocycles. The summed E-state index contributed by atoms with van der Waals surface area (Å²) in [7, 11) is 1.73. The fourth-order valence-corrected chi connectivity index (χ4v) is 2.71. The van der Waals surface area contributed by atoms with Gasteiger partial charge in [0, 0.05) is 29.0 Å². The van der Waals surface area contributed by atoms with Crippen LogP contribution in [0.4, 0.5) is 5.82 Å². The number of rotatable bonds is 2. The number of anilines is 1. The number of halogens is 1. The molecule has 0 fully saturated rings. The molecule has 5 nitrogen and oxygen atoms in total. The molecule has 1 N–H and O–H groups in total. The molecule has 0 atom stereocenters. The van der Waals surface area contributed by atoms with Crippen LogP contribution in [0.1, 0.15) is 0 Å². The highest BCUT2D eigenvalue weighted by molar-refractivity contribution is 7.12. The summed E-state index contributed by atoms with van der Waals surface area (Å²) in [5, 5.41) is 6.69. The van der Waals surface area contributed by atoms with Crippen molar-refractivity contribution in [1.82, 2.24) is 14.5 Å². The first-order valence-electron chi connectivity index (χ1n) is 5.50. The summed E-state index contributed by atoms with van der Waals surface area (Å²) >= 11 is 7.40. The van der Waals surface area contributed by atoms with Crippen molar-refractivity contribution in [3.63, 3.8) is 0 Å². The smallest absolute Gasteiger partial charge is 0.356 e. The van der Waals surface area contributed by atoms with Gasteiger partial charge < -0.3 is 5.32 Å². The molecule has 3 aromatic rings. The molecule has 0 unspecified atom stereocenters. The second-order valence-corrected chi connectivity index (χ2v) is 5.11. The second kappa shape index (κ2) is 4.64. The molecule has 0 amide bonds. The second-order valence-electron chi connectivity index (χ2n) is 3.80. The van der Waals surface area contributed by atoms with Crippen LogP contribution in [-0.4, -0.2) is 21.6 Å². The monoisotopic (exact) mass is 292 g/mol. The summed E-state index contributed by atoms with van der Waals surface area (Å²) in [5.41, 5.74) is 0.306. The molecular weight excluding hydrogens is 284 g/mol. The maximum absolute atomic E-state index is 12.2. The summed E-state index contributed by atoms with van der Waals surface area (Å²) in [4.78, 5) is 20.3. The Hall–Kier alpha value is -1.92. The predicted octanol–water partition coefficient (Wildman–Crippen LogP) is 2.54. The van der Waals surface area contributed by atoms with Gasteiger partial charge in [0.25, 0.3) is 0 Å². The van der Waals surface area contributed by atoms with Crippen molar-refractivity contribution in [2.45, 2.75) is 0 Å². The van der Waals surface area contributed by atoms with Gasteiger partial charge in [-0.1, -0.05) is 11.6 Å². The number of fused-ring (bicyclic) bond motifs is 1. The minimum Gasteiger partial charge on any atom is -0.372 e. The van der Waals surface area contributed by atoms with E-state index < -0.39 is 0 Å². The Bertz CT molecular complexity index is 797. The van der Waals surface area contributed by atoms with Gasteiger partial charge in [-0.3, -0.25) is 0 Å². The van der Waals surface area contributed by atoms with Gasteiger partial charge in [-0.05, 0) is 18.2 Å². The van der Waals surface area contributed by atoms with Gasteiger partial charge in [0.1, 0.15) is 5.82 Å². The van der Waals surface area contributed by atoms with Gasteiger partial charge in [0.2, 0.25) is 0 Å². The van der Waals surface area contributed by atoms with Crippen molar-refractivity contribution in [3.8, 4) is 5.13 Å². The van der Waals surface area contributed by atoms with Crippen molar-refractivity contribution < 1.29 is 0 Å². The third kappa shape index (κ3) is 1.98. The van der Waals surface area contributed by atoms with Gasteiger partial charge in [-0.15, -0.1) is 11.3 Å². The Morgan fingerprint density at radius 3 is 2.95 bits per heavy atom. The summed E-state index contributed by atoms with van der Waals surface area (Å²) < 4.78 is 1.46. The average Bonchev–Trinajstić information content (AvgIpc) is 2.91. The van der Waals surface area contributed by atoms with Crippen molar-refractivity contribution in [3.05, 3.63) is 45.3 Å².